The highest BCUT2D eigenvalue weighted by molar-refractivity contribution is 8.00. The fraction of sp³-hybridized carbons (Fsp3) is 0.688. The van der Waals surface area contributed by atoms with Crippen molar-refractivity contribution in [2.24, 2.45) is 4.99 Å². The third-order valence-corrected chi connectivity index (χ3v) is 8.74. The maximum Gasteiger partial charge on any atom is 0.191 e. The van der Waals surface area contributed by atoms with Gasteiger partial charge in [-0.2, -0.15) is 11.8 Å². The van der Waals surface area contributed by atoms with Gasteiger partial charge >= 0.3 is 0 Å². The number of thioether (sulfide) groups is 1. The highest BCUT2D eigenvalue weighted by atomic mass is 32.2. The molecule has 2 heterocycles. The standard InChI is InChI=1S/C16H27N3O3S3/c1-3-17-15(19-12-16(2)7-5-9-24-16)18-10-13(20)11-25(21,22)14-6-4-8-23-14/h4,6,8,13,20H,3,5,7,9-12H2,1-2H3,(H2,17,18,19). The van der Waals surface area contributed by atoms with E-state index in [2.05, 4.69) is 22.5 Å². The van der Waals surface area contributed by atoms with Gasteiger partial charge < -0.3 is 15.7 Å². The van der Waals surface area contributed by atoms with Gasteiger partial charge in [0.2, 0.25) is 0 Å². The van der Waals surface area contributed by atoms with Gasteiger partial charge in [-0.25, -0.2) is 8.42 Å². The molecule has 6 nitrogen and oxygen atoms in total. The second kappa shape index (κ2) is 9.25. The van der Waals surface area contributed by atoms with Crippen molar-refractivity contribution in [2.75, 3.05) is 31.1 Å². The summed E-state index contributed by atoms with van der Waals surface area (Å²) < 4.78 is 24.8. The Morgan fingerprint density at radius 1 is 1.48 bits per heavy atom. The number of aliphatic imine (C=N–C) groups is 1. The first kappa shape index (κ1) is 20.5. The number of thiophene rings is 1. The lowest BCUT2D eigenvalue weighted by molar-refractivity contribution is 0.200. The summed E-state index contributed by atoms with van der Waals surface area (Å²) in [5.41, 5.74) is 0. The number of nitrogens with zero attached hydrogens (tertiary/aromatic N) is 1. The van der Waals surface area contributed by atoms with Crippen LogP contribution in [-0.4, -0.2) is 61.5 Å². The molecule has 1 fully saturated rings. The average molecular weight is 406 g/mol. The molecular formula is C16H27N3O3S3. The fourth-order valence-electron chi connectivity index (χ4n) is 2.60. The van der Waals surface area contributed by atoms with Crippen LogP contribution in [0.4, 0.5) is 0 Å². The van der Waals surface area contributed by atoms with Crippen LogP contribution < -0.4 is 10.6 Å². The predicted molar refractivity (Wildman–Crippen MR) is 106 cm³/mol. The largest absolute Gasteiger partial charge is 0.390 e. The molecule has 0 saturated carbocycles. The van der Waals surface area contributed by atoms with Gasteiger partial charge in [0.25, 0.3) is 0 Å². The first-order chi connectivity index (χ1) is 11.8. The molecule has 0 aromatic carbocycles. The van der Waals surface area contributed by atoms with Crippen molar-refractivity contribution in [1.29, 1.82) is 0 Å². The fourth-order valence-corrected chi connectivity index (χ4v) is 6.31. The van der Waals surface area contributed by atoms with Crippen LogP contribution in [0.2, 0.25) is 0 Å². The third kappa shape index (κ3) is 6.47. The minimum absolute atomic E-state index is 0.139. The Morgan fingerprint density at radius 2 is 2.28 bits per heavy atom. The number of aliphatic hydroxyl groups excluding tert-OH is 1. The first-order valence-electron chi connectivity index (χ1n) is 8.45. The summed E-state index contributed by atoms with van der Waals surface area (Å²) in [6, 6.07) is 3.26. The maximum absolute atomic E-state index is 12.2. The predicted octanol–water partition coefficient (Wildman–Crippen LogP) is 1.72. The van der Waals surface area contributed by atoms with Gasteiger partial charge in [0.05, 0.1) is 18.4 Å². The van der Waals surface area contributed by atoms with Gasteiger partial charge in [-0.15, -0.1) is 11.3 Å². The summed E-state index contributed by atoms with van der Waals surface area (Å²) in [5.74, 6) is 1.49. The second-order valence-electron chi connectivity index (χ2n) is 6.35. The molecule has 9 heteroatoms. The summed E-state index contributed by atoms with van der Waals surface area (Å²) in [6.07, 6.45) is 1.38. The van der Waals surface area contributed by atoms with Gasteiger partial charge in [0.15, 0.2) is 15.8 Å². The molecule has 0 radical (unpaired) electrons. The van der Waals surface area contributed by atoms with Crippen LogP contribution in [0.3, 0.4) is 0 Å². The molecule has 0 bridgehead atoms. The molecule has 25 heavy (non-hydrogen) atoms. The van der Waals surface area contributed by atoms with E-state index < -0.39 is 15.9 Å². The van der Waals surface area contributed by atoms with E-state index in [0.717, 1.165) is 6.42 Å². The molecule has 2 unspecified atom stereocenters. The summed E-state index contributed by atoms with van der Waals surface area (Å²) in [4.78, 5) is 4.60. The molecule has 1 saturated heterocycles. The number of hydrogen-bond donors (Lipinski definition) is 3. The Balaban J connectivity index is 1.87. The summed E-state index contributed by atoms with van der Waals surface area (Å²) >= 11 is 3.11. The zero-order valence-corrected chi connectivity index (χ0v) is 17.1. The summed E-state index contributed by atoms with van der Waals surface area (Å²) in [6.45, 7) is 5.75. The Labute approximate surface area is 158 Å². The van der Waals surface area contributed by atoms with Crippen molar-refractivity contribution in [3.8, 4) is 0 Å². The second-order valence-corrected chi connectivity index (χ2v) is 11.2. The Hall–Kier alpha value is -0.770. The van der Waals surface area contributed by atoms with E-state index >= 15 is 0 Å². The molecule has 0 amide bonds. The van der Waals surface area contributed by atoms with Crippen LogP contribution >= 0.6 is 23.1 Å². The molecule has 1 aliphatic heterocycles. The van der Waals surface area contributed by atoms with Crippen molar-refractivity contribution < 1.29 is 13.5 Å². The smallest absolute Gasteiger partial charge is 0.191 e. The quantitative estimate of drug-likeness (QED) is 0.451. The van der Waals surface area contributed by atoms with Crippen LogP contribution in [-0.2, 0) is 9.84 Å². The Morgan fingerprint density at radius 3 is 2.88 bits per heavy atom. The molecule has 1 aliphatic rings. The average Bonchev–Trinajstić information content (AvgIpc) is 3.22. The number of hydrogen-bond acceptors (Lipinski definition) is 6. The molecule has 1 aromatic rings. The highest BCUT2D eigenvalue weighted by Crippen LogP contribution is 2.37. The van der Waals surface area contributed by atoms with Crippen LogP contribution in [0.15, 0.2) is 26.7 Å². The maximum atomic E-state index is 12.2. The zero-order valence-electron chi connectivity index (χ0n) is 14.7. The summed E-state index contributed by atoms with van der Waals surface area (Å²) in [7, 11) is -3.45. The van der Waals surface area contributed by atoms with E-state index in [4.69, 9.17) is 0 Å². The van der Waals surface area contributed by atoms with Gasteiger partial charge in [-0.3, -0.25) is 4.99 Å². The highest BCUT2D eigenvalue weighted by Gasteiger charge is 2.29. The topological polar surface area (TPSA) is 90.8 Å². The van der Waals surface area contributed by atoms with Crippen LogP contribution in [0.1, 0.15) is 26.7 Å². The lowest BCUT2D eigenvalue weighted by atomic mass is 10.1. The third-order valence-electron chi connectivity index (χ3n) is 3.93. The van der Waals surface area contributed by atoms with E-state index in [1.165, 1.54) is 23.5 Å². The molecule has 2 atom stereocenters. The number of guanidine groups is 1. The van der Waals surface area contributed by atoms with Gasteiger partial charge in [-0.05, 0) is 43.9 Å². The van der Waals surface area contributed by atoms with E-state index in [1.54, 1.807) is 17.5 Å². The van der Waals surface area contributed by atoms with Gasteiger partial charge in [0, 0.05) is 17.8 Å². The van der Waals surface area contributed by atoms with Crippen LogP contribution in [0.25, 0.3) is 0 Å². The van der Waals surface area contributed by atoms with Crippen LogP contribution in [0.5, 0.6) is 0 Å². The minimum atomic E-state index is -3.45. The first-order valence-corrected chi connectivity index (χ1v) is 12.0. The lowest BCUT2D eigenvalue weighted by Gasteiger charge is -2.21. The molecule has 0 spiro atoms. The molecule has 142 valence electrons. The van der Waals surface area contributed by atoms with Crippen molar-refractivity contribution in [3.63, 3.8) is 0 Å². The van der Waals surface area contributed by atoms with Crippen LogP contribution in [0, 0.1) is 0 Å². The van der Waals surface area contributed by atoms with E-state index in [9.17, 15) is 13.5 Å². The minimum Gasteiger partial charge on any atom is -0.390 e. The monoisotopic (exact) mass is 405 g/mol. The van der Waals surface area contributed by atoms with Gasteiger partial charge in [-0.1, -0.05) is 6.07 Å². The lowest BCUT2D eigenvalue weighted by Crippen LogP contribution is -2.43. The van der Waals surface area contributed by atoms with Crippen molar-refractivity contribution >= 4 is 38.9 Å². The van der Waals surface area contributed by atoms with Crippen molar-refractivity contribution in [1.82, 2.24) is 10.6 Å². The molecule has 0 aliphatic carbocycles. The van der Waals surface area contributed by atoms with Gasteiger partial charge in [0.1, 0.15) is 4.21 Å². The molecule has 2 rings (SSSR count). The van der Waals surface area contributed by atoms with E-state index in [1.807, 2.05) is 18.7 Å². The number of rotatable bonds is 8. The summed E-state index contributed by atoms with van der Waals surface area (Å²) in [5, 5.41) is 18.0. The number of nitrogens with one attached hydrogen (secondary N) is 2. The Bertz CT molecular complexity index is 653. The molecule has 3 N–H and O–H groups in total. The zero-order chi connectivity index (χ0) is 18.3. The normalized spacial score (nSPS) is 22.8. The van der Waals surface area contributed by atoms with Crippen molar-refractivity contribution in [3.05, 3.63) is 17.5 Å². The van der Waals surface area contributed by atoms with E-state index in [0.29, 0.717) is 23.3 Å². The molecular weight excluding hydrogens is 378 g/mol. The molecule has 1 aromatic heterocycles. The van der Waals surface area contributed by atoms with Crippen molar-refractivity contribution in [2.45, 2.75) is 41.7 Å². The number of sulfone groups is 1. The SMILES string of the molecule is CCNC(=NCC1(C)CCCS1)NCC(O)CS(=O)(=O)c1cccs1. The van der Waals surface area contributed by atoms with E-state index in [-0.39, 0.29) is 17.0 Å². The number of aliphatic hydroxyl groups is 1. The Kier molecular flexibility index (Phi) is 7.60.